The first-order valence-corrected chi connectivity index (χ1v) is 9.59. The van der Waals surface area contributed by atoms with Crippen LogP contribution >= 0.6 is 11.3 Å². The lowest BCUT2D eigenvalue weighted by atomic mass is 9.87. The number of anilines is 1. The molecule has 4 rings (SSSR count). The van der Waals surface area contributed by atoms with Crippen LogP contribution in [-0.4, -0.2) is 11.8 Å². The van der Waals surface area contributed by atoms with Crippen LogP contribution in [0.4, 0.5) is 5.00 Å². The number of aryl methyl sites for hydroxylation is 1. The molecule has 1 heterocycles. The summed E-state index contributed by atoms with van der Waals surface area (Å²) in [5, 5.41) is 5.60. The van der Waals surface area contributed by atoms with E-state index in [0.29, 0.717) is 22.0 Å². The molecule has 3 N–H and O–H groups in total. The molecular formula is C21H20N2O2S. The Morgan fingerprint density at radius 3 is 2.69 bits per heavy atom. The SMILES string of the molecule is C[C@H]1CCc2sc(NC(=O)c3ccc4ccccc4c3)c(C(N)=O)c2C1. The summed E-state index contributed by atoms with van der Waals surface area (Å²) in [6.07, 6.45) is 2.88. The highest BCUT2D eigenvalue weighted by Gasteiger charge is 2.27. The van der Waals surface area contributed by atoms with Crippen molar-refractivity contribution in [1.29, 1.82) is 0 Å². The minimum absolute atomic E-state index is 0.218. The number of hydrogen-bond donors (Lipinski definition) is 2. The number of carbonyl (C=O) groups excluding carboxylic acids is 2. The van der Waals surface area contributed by atoms with Gasteiger partial charge in [-0.2, -0.15) is 0 Å². The van der Waals surface area contributed by atoms with Gasteiger partial charge in [0.25, 0.3) is 11.8 Å². The Hall–Kier alpha value is -2.66. The fourth-order valence-corrected chi connectivity index (χ4v) is 4.86. The zero-order valence-electron chi connectivity index (χ0n) is 14.5. The number of primary amides is 1. The predicted octanol–water partition coefficient (Wildman–Crippen LogP) is 4.38. The molecule has 1 aromatic heterocycles. The van der Waals surface area contributed by atoms with Crippen molar-refractivity contribution in [3.63, 3.8) is 0 Å². The maximum Gasteiger partial charge on any atom is 0.256 e. The molecule has 5 heteroatoms. The fourth-order valence-electron chi connectivity index (χ4n) is 3.61. The van der Waals surface area contributed by atoms with E-state index in [9.17, 15) is 9.59 Å². The van der Waals surface area contributed by atoms with Crippen molar-refractivity contribution in [2.24, 2.45) is 11.7 Å². The lowest BCUT2D eigenvalue weighted by Crippen LogP contribution is -2.19. The van der Waals surface area contributed by atoms with Crippen LogP contribution in [0.5, 0.6) is 0 Å². The van der Waals surface area contributed by atoms with Crippen LogP contribution in [0.3, 0.4) is 0 Å². The molecule has 0 fully saturated rings. The summed E-state index contributed by atoms with van der Waals surface area (Å²) in [7, 11) is 0. The van der Waals surface area contributed by atoms with Crippen molar-refractivity contribution in [2.45, 2.75) is 26.2 Å². The molecule has 0 spiro atoms. The van der Waals surface area contributed by atoms with Crippen LogP contribution in [-0.2, 0) is 12.8 Å². The van der Waals surface area contributed by atoms with Crippen molar-refractivity contribution in [1.82, 2.24) is 0 Å². The normalized spacial score (nSPS) is 16.3. The first-order valence-electron chi connectivity index (χ1n) is 8.77. The number of nitrogens with two attached hydrogens (primary N) is 1. The van der Waals surface area contributed by atoms with Crippen LogP contribution in [0.1, 0.15) is 44.5 Å². The van der Waals surface area contributed by atoms with Crippen LogP contribution < -0.4 is 11.1 Å². The van der Waals surface area contributed by atoms with Gasteiger partial charge in [-0.1, -0.05) is 37.3 Å². The molecule has 1 aliphatic rings. The molecule has 0 radical (unpaired) electrons. The Kier molecular flexibility index (Phi) is 4.24. The lowest BCUT2D eigenvalue weighted by Gasteiger charge is -2.18. The standard InChI is InChI=1S/C21H20N2O2S/c1-12-6-9-17-16(10-12)18(19(22)24)21(26-17)23-20(25)15-8-7-13-4-2-3-5-14(13)11-15/h2-5,7-8,11-12H,6,9-10H2,1H3,(H2,22,24)(H,23,25)/t12-/m0/s1. The largest absolute Gasteiger partial charge is 0.365 e. The Bertz CT molecular complexity index is 1020. The number of hydrogen-bond acceptors (Lipinski definition) is 3. The van der Waals surface area contributed by atoms with E-state index >= 15 is 0 Å². The van der Waals surface area contributed by atoms with E-state index in [1.165, 1.54) is 16.2 Å². The number of amides is 2. The molecule has 132 valence electrons. The van der Waals surface area contributed by atoms with Crippen LogP contribution in [0.2, 0.25) is 0 Å². The van der Waals surface area contributed by atoms with Crippen molar-refractivity contribution in [2.75, 3.05) is 5.32 Å². The zero-order chi connectivity index (χ0) is 18.3. The average Bonchev–Trinajstić information content (AvgIpc) is 2.98. The second-order valence-electron chi connectivity index (χ2n) is 6.94. The van der Waals surface area contributed by atoms with Crippen molar-refractivity contribution >= 4 is 38.9 Å². The van der Waals surface area contributed by atoms with E-state index in [-0.39, 0.29) is 5.91 Å². The molecule has 2 amide bonds. The van der Waals surface area contributed by atoms with Gasteiger partial charge in [0, 0.05) is 10.4 Å². The third-order valence-electron chi connectivity index (χ3n) is 4.99. The molecule has 0 saturated heterocycles. The van der Waals surface area contributed by atoms with E-state index < -0.39 is 5.91 Å². The predicted molar refractivity (Wildman–Crippen MR) is 106 cm³/mol. The molecule has 3 aromatic rings. The highest BCUT2D eigenvalue weighted by molar-refractivity contribution is 7.17. The first-order chi connectivity index (χ1) is 12.5. The highest BCUT2D eigenvalue weighted by Crippen LogP contribution is 2.39. The average molecular weight is 364 g/mol. The summed E-state index contributed by atoms with van der Waals surface area (Å²) < 4.78 is 0. The molecular weight excluding hydrogens is 344 g/mol. The number of benzene rings is 2. The summed E-state index contributed by atoms with van der Waals surface area (Å²) in [5.41, 5.74) is 7.72. The maximum absolute atomic E-state index is 12.8. The van der Waals surface area contributed by atoms with E-state index in [1.807, 2.05) is 36.4 Å². The van der Waals surface area contributed by atoms with E-state index in [0.717, 1.165) is 35.6 Å². The Balaban J connectivity index is 1.67. The van der Waals surface area contributed by atoms with Gasteiger partial charge in [-0.05, 0) is 53.6 Å². The topological polar surface area (TPSA) is 72.2 Å². The number of rotatable bonds is 3. The molecule has 2 aromatic carbocycles. The third kappa shape index (κ3) is 2.99. The fraction of sp³-hybridized carbons (Fsp3) is 0.238. The molecule has 0 aliphatic heterocycles. The van der Waals surface area contributed by atoms with Crippen molar-refractivity contribution in [3.8, 4) is 0 Å². The minimum atomic E-state index is -0.467. The minimum Gasteiger partial charge on any atom is -0.365 e. The Morgan fingerprint density at radius 2 is 1.92 bits per heavy atom. The molecule has 0 unspecified atom stereocenters. The van der Waals surface area contributed by atoms with Crippen LogP contribution in [0.15, 0.2) is 42.5 Å². The Morgan fingerprint density at radius 1 is 1.15 bits per heavy atom. The van der Waals surface area contributed by atoms with Crippen molar-refractivity contribution in [3.05, 3.63) is 64.0 Å². The molecule has 0 bridgehead atoms. The summed E-state index contributed by atoms with van der Waals surface area (Å²) >= 11 is 1.49. The van der Waals surface area contributed by atoms with Gasteiger partial charge in [-0.15, -0.1) is 11.3 Å². The van der Waals surface area contributed by atoms with Gasteiger partial charge in [0.1, 0.15) is 5.00 Å². The van der Waals surface area contributed by atoms with Crippen LogP contribution in [0, 0.1) is 5.92 Å². The molecule has 4 nitrogen and oxygen atoms in total. The first kappa shape index (κ1) is 16.8. The smallest absolute Gasteiger partial charge is 0.256 e. The maximum atomic E-state index is 12.8. The Labute approximate surface area is 156 Å². The quantitative estimate of drug-likeness (QED) is 0.724. The molecule has 0 saturated carbocycles. The number of carbonyl (C=O) groups is 2. The summed E-state index contributed by atoms with van der Waals surface area (Å²) in [5.74, 6) is -0.158. The third-order valence-corrected chi connectivity index (χ3v) is 6.20. The highest BCUT2D eigenvalue weighted by atomic mass is 32.1. The van der Waals surface area contributed by atoms with Gasteiger partial charge in [0.15, 0.2) is 0 Å². The summed E-state index contributed by atoms with van der Waals surface area (Å²) in [6.45, 7) is 2.18. The summed E-state index contributed by atoms with van der Waals surface area (Å²) in [6, 6.07) is 13.5. The van der Waals surface area contributed by atoms with E-state index in [2.05, 4.69) is 12.2 Å². The van der Waals surface area contributed by atoms with Gasteiger partial charge < -0.3 is 11.1 Å². The van der Waals surface area contributed by atoms with Gasteiger partial charge in [0.05, 0.1) is 5.56 Å². The molecule has 1 atom stereocenters. The van der Waals surface area contributed by atoms with Gasteiger partial charge in [0.2, 0.25) is 0 Å². The van der Waals surface area contributed by atoms with E-state index in [1.54, 1.807) is 6.07 Å². The van der Waals surface area contributed by atoms with E-state index in [4.69, 9.17) is 5.73 Å². The van der Waals surface area contributed by atoms with Gasteiger partial charge >= 0.3 is 0 Å². The van der Waals surface area contributed by atoms with Gasteiger partial charge in [-0.3, -0.25) is 9.59 Å². The van der Waals surface area contributed by atoms with Crippen LogP contribution in [0.25, 0.3) is 10.8 Å². The zero-order valence-corrected chi connectivity index (χ0v) is 15.4. The van der Waals surface area contributed by atoms with Crippen molar-refractivity contribution < 1.29 is 9.59 Å². The number of fused-ring (bicyclic) bond motifs is 2. The summed E-state index contributed by atoms with van der Waals surface area (Å²) in [4.78, 5) is 26.0. The number of nitrogens with one attached hydrogen (secondary N) is 1. The van der Waals surface area contributed by atoms with Gasteiger partial charge in [-0.25, -0.2) is 0 Å². The monoisotopic (exact) mass is 364 g/mol. The second kappa shape index (κ2) is 6.57. The molecule has 1 aliphatic carbocycles. The number of thiophene rings is 1. The lowest BCUT2D eigenvalue weighted by molar-refractivity contribution is 0.1000. The molecule has 26 heavy (non-hydrogen) atoms. The second-order valence-corrected chi connectivity index (χ2v) is 8.04.